The number of carbonyl (C=O) groups excluding carboxylic acids is 1. The Morgan fingerprint density at radius 2 is 2.09 bits per heavy atom. The van der Waals surface area contributed by atoms with E-state index in [0.29, 0.717) is 0 Å². The van der Waals surface area contributed by atoms with Gasteiger partial charge in [-0.1, -0.05) is 6.92 Å². The zero-order valence-electron chi connectivity index (χ0n) is 12.3. The molecule has 2 heterocycles. The first-order valence-corrected chi connectivity index (χ1v) is 7.73. The van der Waals surface area contributed by atoms with Crippen molar-refractivity contribution in [1.82, 2.24) is 20.2 Å². The molecule has 0 bridgehead atoms. The topological polar surface area (TPSA) is 72.7 Å². The van der Waals surface area contributed by atoms with Gasteiger partial charge in [-0.2, -0.15) is 0 Å². The highest BCUT2D eigenvalue weighted by molar-refractivity contribution is 7.14. The molecule has 22 heavy (non-hydrogen) atoms. The van der Waals surface area contributed by atoms with E-state index < -0.39 is 0 Å². The van der Waals surface area contributed by atoms with Gasteiger partial charge in [0.1, 0.15) is 6.33 Å². The van der Waals surface area contributed by atoms with Crippen molar-refractivity contribution in [3.8, 4) is 5.69 Å². The second-order valence-corrected chi connectivity index (χ2v) is 5.96. The molecule has 1 amide bonds. The Hall–Kier alpha value is -2.54. The summed E-state index contributed by atoms with van der Waals surface area (Å²) in [4.78, 5) is 14.3. The molecular formula is C15H15N5OS. The van der Waals surface area contributed by atoms with Crippen LogP contribution in [-0.4, -0.2) is 26.1 Å². The van der Waals surface area contributed by atoms with Gasteiger partial charge >= 0.3 is 0 Å². The first-order valence-electron chi connectivity index (χ1n) is 6.91. The lowest BCUT2D eigenvalue weighted by Crippen LogP contribution is -2.10. The van der Waals surface area contributed by atoms with Gasteiger partial charge in [-0.15, -0.1) is 16.4 Å². The summed E-state index contributed by atoms with van der Waals surface area (Å²) in [5, 5.41) is 13.9. The number of thiophene rings is 1. The number of nitrogens with one attached hydrogen (secondary N) is 1. The molecule has 1 N–H and O–H groups in total. The number of benzene rings is 1. The normalized spacial score (nSPS) is 10.6. The van der Waals surface area contributed by atoms with Gasteiger partial charge in [0, 0.05) is 10.6 Å². The number of aryl methyl sites for hydroxylation is 2. The summed E-state index contributed by atoms with van der Waals surface area (Å²) in [6.45, 7) is 4.13. The average Bonchev–Trinajstić information content (AvgIpc) is 3.17. The van der Waals surface area contributed by atoms with E-state index in [2.05, 4.69) is 27.8 Å². The minimum absolute atomic E-state index is 0.0806. The number of hydrogen-bond acceptors (Lipinski definition) is 5. The molecule has 0 saturated heterocycles. The Bertz CT molecular complexity index is 777. The molecule has 0 aliphatic carbocycles. The highest BCUT2D eigenvalue weighted by atomic mass is 32.1. The van der Waals surface area contributed by atoms with Gasteiger partial charge in [-0.05, 0) is 59.7 Å². The second kappa shape index (κ2) is 6.07. The molecule has 0 aliphatic heterocycles. The zero-order chi connectivity index (χ0) is 15.5. The van der Waals surface area contributed by atoms with Crippen molar-refractivity contribution in [2.24, 2.45) is 0 Å². The van der Waals surface area contributed by atoms with E-state index in [1.165, 1.54) is 16.8 Å². The molecule has 3 aromatic rings. The second-order valence-electron chi connectivity index (χ2n) is 4.83. The van der Waals surface area contributed by atoms with E-state index in [4.69, 9.17) is 0 Å². The molecule has 0 radical (unpaired) electrons. The number of hydrogen-bond donors (Lipinski definition) is 1. The number of anilines is 1. The Kier molecular flexibility index (Phi) is 3.97. The van der Waals surface area contributed by atoms with Crippen LogP contribution in [0, 0.1) is 6.92 Å². The monoisotopic (exact) mass is 313 g/mol. The molecule has 6 nitrogen and oxygen atoms in total. The summed E-state index contributed by atoms with van der Waals surface area (Å²) in [5.41, 5.74) is 2.75. The zero-order valence-corrected chi connectivity index (χ0v) is 13.1. The molecule has 112 valence electrons. The van der Waals surface area contributed by atoms with Crippen molar-refractivity contribution in [3.05, 3.63) is 52.0 Å². The number of amides is 1. The summed E-state index contributed by atoms with van der Waals surface area (Å²) < 4.78 is 1.56. The maximum atomic E-state index is 12.3. The van der Waals surface area contributed by atoms with Gasteiger partial charge < -0.3 is 5.32 Å². The molecule has 7 heteroatoms. The third kappa shape index (κ3) is 2.89. The predicted molar refractivity (Wildman–Crippen MR) is 85.5 cm³/mol. The molecule has 0 saturated carbocycles. The number of nitrogens with zero attached hydrogens (tertiary/aromatic N) is 4. The molecule has 0 fully saturated rings. The van der Waals surface area contributed by atoms with Gasteiger partial charge in [0.05, 0.1) is 10.6 Å². The van der Waals surface area contributed by atoms with Crippen LogP contribution in [0.4, 0.5) is 5.69 Å². The maximum Gasteiger partial charge on any atom is 0.265 e. The summed E-state index contributed by atoms with van der Waals surface area (Å²) in [6, 6.07) is 9.30. The maximum absolute atomic E-state index is 12.3. The van der Waals surface area contributed by atoms with Crippen LogP contribution in [0.1, 0.15) is 27.0 Å². The quantitative estimate of drug-likeness (QED) is 0.804. The number of carbonyl (C=O) groups is 1. The van der Waals surface area contributed by atoms with Crippen molar-refractivity contribution in [3.63, 3.8) is 0 Å². The fourth-order valence-electron chi connectivity index (χ4n) is 2.15. The van der Waals surface area contributed by atoms with Crippen LogP contribution in [0.2, 0.25) is 0 Å². The Balaban J connectivity index is 1.73. The molecule has 0 spiro atoms. The van der Waals surface area contributed by atoms with Crippen LogP contribution in [-0.2, 0) is 6.42 Å². The minimum Gasteiger partial charge on any atom is -0.321 e. The molecule has 0 aliphatic rings. The Labute approximate surface area is 131 Å². The van der Waals surface area contributed by atoms with Crippen molar-refractivity contribution in [2.45, 2.75) is 20.3 Å². The van der Waals surface area contributed by atoms with Crippen molar-refractivity contribution in [1.29, 1.82) is 0 Å². The molecular weight excluding hydrogens is 298 g/mol. The highest BCUT2D eigenvalue weighted by Gasteiger charge is 2.12. The molecule has 3 rings (SSSR count). The lowest BCUT2D eigenvalue weighted by atomic mass is 10.2. The van der Waals surface area contributed by atoms with E-state index in [0.717, 1.165) is 22.7 Å². The van der Waals surface area contributed by atoms with Gasteiger partial charge in [0.25, 0.3) is 5.91 Å². The van der Waals surface area contributed by atoms with Gasteiger partial charge in [-0.3, -0.25) is 4.79 Å². The van der Waals surface area contributed by atoms with Crippen LogP contribution in [0.5, 0.6) is 0 Å². The lowest BCUT2D eigenvalue weighted by Gasteiger charge is -2.05. The molecule has 2 aromatic heterocycles. The average molecular weight is 313 g/mol. The predicted octanol–water partition coefficient (Wildman–Crippen LogP) is 2.85. The van der Waals surface area contributed by atoms with Crippen LogP contribution in [0.3, 0.4) is 0 Å². The number of aromatic nitrogens is 4. The van der Waals surface area contributed by atoms with E-state index >= 15 is 0 Å². The Morgan fingerprint density at radius 1 is 1.32 bits per heavy atom. The van der Waals surface area contributed by atoms with E-state index in [9.17, 15) is 4.79 Å². The molecule has 0 atom stereocenters. The third-order valence-electron chi connectivity index (χ3n) is 3.30. The lowest BCUT2D eigenvalue weighted by molar-refractivity contribution is 0.103. The number of tetrazole rings is 1. The first kappa shape index (κ1) is 14.4. The van der Waals surface area contributed by atoms with Crippen LogP contribution < -0.4 is 5.32 Å². The minimum atomic E-state index is -0.0806. The van der Waals surface area contributed by atoms with E-state index in [1.54, 1.807) is 16.0 Å². The Morgan fingerprint density at radius 3 is 2.68 bits per heavy atom. The smallest absolute Gasteiger partial charge is 0.265 e. The van der Waals surface area contributed by atoms with Crippen LogP contribution in [0.15, 0.2) is 36.7 Å². The fraction of sp³-hybridized carbons (Fsp3) is 0.200. The van der Waals surface area contributed by atoms with Gasteiger partial charge in [-0.25, -0.2) is 4.68 Å². The fourth-order valence-corrected chi connectivity index (χ4v) is 3.16. The standard InChI is InChI=1S/C15H15N5OS/c1-3-13-10(2)8-14(22-13)15(21)17-11-4-6-12(7-5-11)20-9-16-18-19-20/h4-9H,3H2,1-2H3,(H,17,21). The summed E-state index contributed by atoms with van der Waals surface area (Å²) >= 11 is 1.55. The summed E-state index contributed by atoms with van der Waals surface area (Å²) in [5.74, 6) is -0.0806. The third-order valence-corrected chi connectivity index (χ3v) is 4.68. The summed E-state index contributed by atoms with van der Waals surface area (Å²) in [6.07, 6.45) is 2.47. The van der Waals surface area contributed by atoms with Gasteiger partial charge in [0.2, 0.25) is 0 Å². The largest absolute Gasteiger partial charge is 0.321 e. The first-order chi connectivity index (χ1) is 10.7. The van der Waals surface area contributed by atoms with Crippen molar-refractivity contribution < 1.29 is 4.79 Å². The highest BCUT2D eigenvalue weighted by Crippen LogP contribution is 2.23. The van der Waals surface area contributed by atoms with Crippen molar-refractivity contribution in [2.75, 3.05) is 5.32 Å². The number of rotatable bonds is 4. The molecule has 1 aromatic carbocycles. The SMILES string of the molecule is CCc1sc(C(=O)Nc2ccc(-n3cnnn3)cc2)cc1C. The summed E-state index contributed by atoms with van der Waals surface area (Å²) in [7, 11) is 0. The van der Waals surface area contributed by atoms with Gasteiger partial charge in [0.15, 0.2) is 0 Å². The van der Waals surface area contributed by atoms with E-state index in [-0.39, 0.29) is 5.91 Å². The van der Waals surface area contributed by atoms with Crippen LogP contribution in [0.25, 0.3) is 5.69 Å². The van der Waals surface area contributed by atoms with Crippen LogP contribution >= 0.6 is 11.3 Å². The molecule has 0 unspecified atom stereocenters. The van der Waals surface area contributed by atoms with Crippen molar-refractivity contribution >= 4 is 22.9 Å². The van der Waals surface area contributed by atoms with E-state index in [1.807, 2.05) is 37.3 Å².